The Morgan fingerprint density at radius 2 is 1.59 bits per heavy atom. The van der Waals surface area contributed by atoms with E-state index in [0.717, 1.165) is 17.7 Å². The van der Waals surface area contributed by atoms with Crippen LogP contribution >= 0.6 is 11.6 Å². The van der Waals surface area contributed by atoms with E-state index in [-0.39, 0.29) is 16.6 Å². The number of carbonyl (C=O) groups is 4. The molecule has 4 rings (SSSR count). The lowest BCUT2D eigenvalue weighted by Gasteiger charge is -2.15. The molecule has 0 saturated carbocycles. The molecule has 0 radical (unpaired) electrons. The lowest BCUT2D eigenvalue weighted by atomic mass is 10.1. The molecule has 188 valence electrons. The lowest BCUT2D eigenvalue weighted by molar-refractivity contribution is -0.120. The molecule has 0 atom stereocenters. The zero-order valence-electron chi connectivity index (χ0n) is 20.0. The number of nitrogens with one attached hydrogen (secondary N) is 2. The molecule has 1 aliphatic rings. The molecule has 0 unspecified atom stereocenters. The summed E-state index contributed by atoms with van der Waals surface area (Å²) in [5, 5.41) is 5.42. The molecule has 0 bridgehead atoms. The summed E-state index contributed by atoms with van der Waals surface area (Å²) in [6.07, 6.45) is 1.70. The van der Waals surface area contributed by atoms with Gasteiger partial charge in [-0.2, -0.15) is 0 Å². The monoisotopic (exact) mass is 517 g/mol. The normalized spacial score (nSPS) is 13.1. The molecule has 0 aromatic heterocycles. The molecular weight excluding hydrogens is 494 g/mol. The topological polar surface area (TPSA) is 105 Å². The first-order valence-electron chi connectivity index (χ1n) is 11.7. The number of anilines is 3. The molecule has 0 aliphatic carbocycles. The van der Waals surface area contributed by atoms with Gasteiger partial charge in [0.25, 0.3) is 17.7 Å². The molecule has 0 saturated heterocycles. The minimum atomic E-state index is -0.618. The molecule has 3 aromatic rings. The van der Waals surface area contributed by atoms with Crippen molar-refractivity contribution in [2.75, 3.05) is 22.1 Å². The number of imide groups is 1. The van der Waals surface area contributed by atoms with Gasteiger partial charge in [0.05, 0.1) is 17.9 Å². The number of para-hydroxylation sites is 1. The summed E-state index contributed by atoms with van der Waals surface area (Å²) in [7, 11) is 0. The van der Waals surface area contributed by atoms with Crippen LogP contribution in [-0.4, -0.2) is 30.3 Å². The van der Waals surface area contributed by atoms with E-state index in [2.05, 4.69) is 10.6 Å². The SMILES string of the molecule is CCCCOC(=O)c1cccc(NC(=O)c2ccc(NC3=C(Cl)C(=O)N(c4ccccc4)C3=O)cc2)c1. The van der Waals surface area contributed by atoms with E-state index in [0.29, 0.717) is 34.8 Å². The van der Waals surface area contributed by atoms with Crippen LogP contribution in [0.5, 0.6) is 0 Å². The quantitative estimate of drug-likeness (QED) is 0.226. The molecule has 0 spiro atoms. The number of hydrogen-bond donors (Lipinski definition) is 2. The third-order valence-corrected chi connectivity index (χ3v) is 5.90. The predicted octanol–water partition coefficient (Wildman–Crippen LogP) is 5.33. The zero-order valence-corrected chi connectivity index (χ0v) is 20.7. The first-order valence-corrected chi connectivity index (χ1v) is 12.1. The lowest BCUT2D eigenvalue weighted by Crippen LogP contribution is -2.32. The summed E-state index contributed by atoms with van der Waals surface area (Å²) in [5.74, 6) is -2.02. The molecule has 1 heterocycles. The number of esters is 1. The Kier molecular flexibility index (Phi) is 8.00. The van der Waals surface area contributed by atoms with Crippen LogP contribution in [0.1, 0.15) is 40.5 Å². The molecule has 2 N–H and O–H groups in total. The minimum absolute atomic E-state index is 0.0460. The second kappa shape index (κ2) is 11.5. The van der Waals surface area contributed by atoms with Crippen molar-refractivity contribution < 1.29 is 23.9 Å². The maximum atomic E-state index is 12.9. The number of benzene rings is 3. The Hall–Kier alpha value is -4.43. The van der Waals surface area contributed by atoms with Gasteiger partial charge in [0.2, 0.25) is 0 Å². The number of rotatable bonds is 9. The number of hydrogen-bond acceptors (Lipinski definition) is 6. The van der Waals surface area contributed by atoms with Crippen molar-refractivity contribution in [2.45, 2.75) is 19.8 Å². The van der Waals surface area contributed by atoms with Crippen LogP contribution in [0.3, 0.4) is 0 Å². The van der Waals surface area contributed by atoms with E-state index in [1.165, 1.54) is 0 Å². The average molecular weight is 518 g/mol. The van der Waals surface area contributed by atoms with Gasteiger partial charge in [-0.1, -0.05) is 49.2 Å². The molecule has 1 aliphatic heterocycles. The highest BCUT2D eigenvalue weighted by atomic mass is 35.5. The molecule has 3 amide bonds. The molecule has 37 heavy (non-hydrogen) atoms. The Balaban J connectivity index is 1.41. The fourth-order valence-corrected chi connectivity index (χ4v) is 3.80. The molecule has 3 aromatic carbocycles. The van der Waals surface area contributed by atoms with Crippen LogP contribution < -0.4 is 15.5 Å². The van der Waals surface area contributed by atoms with Crippen molar-refractivity contribution in [3.8, 4) is 0 Å². The van der Waals surface area contributed by atoms with Crippen LogP contribution in [0.2, 0.25) is 0 Å². The second-order valence-corrected chi connectivity index (χ2v) is 8.57. The number of unbranched alkanes of at least 4 members (excludes halogenated alkanes) is 1. The fourth-order valence-electron chi connectivity index (χ4n) is 3.59. The summed E-state index contributed by atoms with van der Waals surface area (Å²) < 4.78 is 5.21. The maximum Gasteiger partial charge on any atom is 0.338 e. The van der Waals surface area contributed by atoms with E-state index < -0.39 is 17.8 Å². The second-order valence-electron chi connectivity index (χ2n) is 8.20. The van der Waals surface area contributed by atoms with Crippen LogP contribution in [0.4, 0.5) is 17.1 Å². The minimum Gasteiger partial charge on any atom is -0.462 e. The van der Waals surface area contributed by atoms with Crippen LogP contribution in [0.25, 0.3) is 0 Å². The van der Waals surface area contributed by atoms with Gasteiger partial charge in [-0.25, -0.2) is 9.69 Å². The number of carbonyl (C=O) groups excluding carboxylic acids is 4. The first kappa shape index (κ1) is 25.7. The van der Waals surface area contributed by atoms with Gasteiger partial charge in [0.1, 0.15) is 10.7 Å². The van der Waals surface area contributed by atoms with Crippen LogP contribution in [0, 0.1) is 0 Å². The van der Waals surface area contributed by atoms with Crippen molar-refractivity contribution in [1.29, 1.82) is 0 Å². The van der Waals surface area contributed by atoms with Gasteiger partial charge >= 0.3 is 5.97 Å². The molecule has 8 nitrogen and oxygen atoms in total. The van der Waals surface area contributed by atoms with Gasteiger partial charge in [-0.3, -0.25) is 14.4 Å². The van der Waals surface area contributed by atoms with Crippen molar-refractivity contribution in [2.24, 2.45) is 0 Å². The predicted molar refractivity (Wildman–Crippen MR) is 141 cm³/mol. The van der Waals surface area contributed by atoms with E-state index in [1.807, 2.05) is 6.92 Å². The van der Waals surface area contributed by atoms with E-state index in [1.54, 1.807) is 78.9 Å². The summed E-state index contributed by atoms with van der Waals surface area (Å²) in [4.78, 5) is 51.3. The average Bonchev–Trinajstić information content (AvgIpc) is 3.12. The number of nitrogens with zero attached hydrogens (tertiary/aromatic N) is 1. The largest absolute Gasteiger partial charge is 0.462 e. The molecule has 0 fully saturated rings. The molecule has 9 heteroatoms. The van der Waals surface area contributed by atoms with Gasteiger partial charge in [-0.15, -0.1) is 0 Å². The Morgan fingerprint density at radius 3 is 2.30 bits per heavy atom. The first-order chi connectivity index (χ1) is 17.9. The van der Waals surface area contributed by atoms with Crippen molar-refractivity contribution in [1.82, 2.24) is 0 Å². The van der Waals surface area contributed by atoms with E-state index >= 15 is 0 Å². The van der Waals surface area contributed by atoms with Crippen molar-refractivity contribution in [3.63, 3.8) is 0 Å². The number of amides is 3. The van der Waals surface area contributed by atoms with Crippen molar-refractivity contribution >= 4 is 52.4 Å². The number of halogens is 1. The highest BCUT2D eigenvalue weighted by Crippen LogP contribution is 2.30. The fraction of sp³-hybridized carbons (Fsp3) is 0.143. The third-order valence-electron chi connectivity index (χ3n) is 5.55. The van der Waals surface area contributed by atoms with E-state index in [4.69, 9.17) is 16.3 Å². The third kappa shape index (κ3) is 5.87. The Labute approximate surface area is 218 Å². The Morgan fingerprint density at radius 1 is 0.865 bits per heavy atom. The maximum absolute atomic E-state index is 12.9. The number of ether oxygens (including phenoxy) is 1. The highest BCUT2D eigenvalue weighted by molar-refractivity contribution is 6.53. The van der Waals surface area contributed by atoms with Gasteiger partial charge in [0.15, 0.2) is 0 Å². The zero-order chi connectivity index (χ0) is 26.4. The summed E-state index contributed by atoms with van der Waals surface area (Å²) in [6, 6.07) is 21.3. The van der Waals surface area contributed by atoms with E-state index in [9.17, 15) is 19.2 Å². The highest BCUT2D eigenvalue weighted by Gasteiger charge is 2.38. The van der Waals surface area contributed by atoms with Gasteiger partial charge in [0, 0.05) is 16.9 Å². The standard InChI is InChI=1S/C28H24ClN3O5/c1-2-3-16-37-28(36)19-8-7-9-21(17-19)31-25(33)18-12-14-20(15-13-18)30-24-23(29)26(34)32(27(24)35)22-10-5-4-6-11-22/h4-15,17,30H,2-3,16H2,1H3,(H,31,33). The summed E-state index contributed by atoms with van der Waals surface area (Å²) >= 11 is 6.17. The summed E-state index contributed by atoms with van der Waals surface area (Å²) in [5.41, 5.74) is 1.98. The van der Waals surface area contributed by atoms with Crippen LogP contribution in [0.15, 0.2) is 89.6 Å². The Bertz CT molecular complexity index is 1370. The van der Waals surface area contributed by atoms with Crippen LogP contribution in [-0.2, 0) is 14.3 Å². The molecular formula is C28H24ClN3O5. The van der Waals surface area contributed by atoms with Gasteiger partial charge < -0.3 is 15.4 Å². The smallest absolute Gasteiger partial charge is 0.338 e. The van der Waals surface area contributed by atoms with Crippen molar-refractivity contribution in [3.05, 3.63) is 101 Å². The van der Waals surface area contributed by atoms with Gasteiger partial charge in [-0.05, 0) is 61.0 Å². The summed E-state index contributed by atoms with van der Waals surface area (Å²) in [6.45, 7) is 2.35.